The van der Waals surface area contributed by atoms with Crippen LogP contribution < -0.4 is 5.32 Å². The first-order valence-electron chi connectivity index (χ1n) is 11.8. The summed E-state index contributed by atoms with van der Waals surface area (Å²) >= 11 is 6.31. The predicted octanol–water partition coefficient (Wildman–Crippen LogP) is 5.11. The zero-order valence-electron chi connectivity index (χ0n) is 17.9. The Morgan fingerprint density at radius 1 is 1.13 bits per heavy atom. The van der Waals surface area contributed by atoms with Crippen molar-refractivity contribution in [3.63, 3.8) is 0 Å². The van der Waals surface area contributed by atoms with E-state index in [-0.39, 0.29) is 17.1 Å². The van der Waals surface area contributed by atoms with Gasteiger partial charge in [0.2, 0.25) is 5.91 Å². The first-order valence-corrected chi connectivity index (χ1v) is 12.1. The Hall–Kier alpha value is -1.98. The predicted molar refractivity (Wildman–Crippen MR) is 122 cm³/mol. The number of carbonyl (C=O) groups is 1. The summed E-state index contributed by atoms with van der Waals surface area (Å²) in [4.78, 5) is 15.1. The second-order valence-corrected chi connectivity index (χ2v) is 10.4. The van der Waals surface area contributed by atoms with Crippen molar-refractivity contribution in [1.82, 2.24) is 9.47 Å². The highest BCUT2D eigenvalue weighted by Crippen LogP contribution is 2.50. The molecule has 1 amide bonds. The lowest BCUT2D eigenvalue weighted by Crippen LogP contribution is -2.49. The molecule has 1 atom stereocenters. The number of carbonyl (C=O) groups excluding carboxylic acids is 1. The van der Waals surface area contributed by atoms with E-state index < -0.39 is 0 Å². The second kappa shape index (κ2) is 7.28. The highest BCUT2D eigenvalue weighted by Gasteiger charge is 2.54. The van der Waals surface area contributed by atoms with Crippen molar-refractivity contribution in [2.45, 2.75) is 62.5 Å². The molecule has 2 saturated heterocycles. The van der Waals surface area contributed by atoms with Crippen molar-refractivity contribution in [2.24, 2.45) is 5.92 Å². The van der Waals surface area contributed by atoms with Crippen molar-refractivity contribution in [1.29, 1.82) is 0 Å². The SMILES string of the molecule is O=C(C1CCCCC1)N1CCC2(CC1)CC1(CO2)Nc2cc(Cl)ccc2-n2cccc21. The van der Waals surface area contributed by atoms with Crippen LogP contribution in [0.5, 0.6) is 0 Å². The molecule has 6 rings (SSSR count). The Bertz CT molecular complexity index is 1000. The summed E-state index contributed by atoms with van der Waals surface area (Å²) in [6.07, 6.45) is 10.7. The van der Waals surface area contributed by atoms with Gasteiger partial charge in [0.05, 0.1) is 29.3 Å². The lowest BCUT2D eigenvalue weighted by molar-refractivity contribution is -0.141. The largest absolute Gasteiger partial charge is 0.372 e. The first kappa shape index (κ1) is 19.7. The van der Waals surface area contributed by atoms with Crippen molar-refractivity contribution in [3.05, 3.63) is 47.2 Å². The highest BCUT2D eigenvalue weighted by molar-refractivity contribution is 6.31. The molecular weight excluding hydrogens is 410 g/mol. The number of anilines is 1. The zero-order chi connectivity index (χ0) is 21.1. The second-order valence-electron chi connectivity index (χ2n) is 9.94. The Kier molecular flexibility index (Phi) is 4.62. The molecule has 164 valence electrons. The minimum absolute atomic E-state index is 0.165. The number of fused-ring (bicyclic) bond motifs is 4. The van der Waals surface area contributed by atoms with Gasteiger partial charge in [-0.15, -0.1) is 0 Å². The fourth-order valence-electron chi connectivity index (χ4n) is 6.36. The van der Waals surface area contributed by atoms with Gasteiger partial charge in [-0.1, -0.05) is 30.9 Å². The third-order valence-electron chi connectivity index (χ3n) is 8.02. The number of aromatic nitrogens is 1. The summed E-state index contributed by atoms with van der Waals surface area (Å²) in [7, 11) is 0. The quantitative estimate of drug-likeness (QED) is 0.671. The van der Waals surface area contributed by atoms with E-state index in [4.69, 9.17) is 16.3 Å². The Balaban J connectivity index is 1.21. The van der Waals surface area contributed by atoms with Crippen molar-refractivity contribution in [2.75, 3.05) is 25.0 Å². The maximum absolute atomic E-state index is 13.0. The van der Waals surface area contributed by atoms with Crippen LogP contribution in [0.3, 0.4) is 0 Å². The molecule has 4 heterocycles. The fraction of sp³-hybridized carbons (Fsp3) is 0.560. The maximum atomic E-state index is 13.0. The number of likely N-dealkylation sites (tertiary alicyclic amines) is 1. The number of halogens is 1. The van der Waals surface area contributed by atoms with E-state index in [1.807, 2.05) is 12.1 Å². The normalized spacial score (nSPS) is 27.2. The average molecular weight is 440 g/mol. The molecule has 6 heteroatoms. The molecule has 5 nitrogen and oxygen atoms in total. The molecule has 4 aliphatic rings. The smallest absolute Gasteiger partial charge is 0.225 e. The molecule has 2 aromatic rings. The van der Waals surface area contributed by atoms with Crippen LogP contribution in [0.4, 0.5) is 5.69 Å². The van der Waals surface area contributed by atoms with Gasteiger partial charge in [-0.3, -0.25) is 4.79 Å². The van der Waals surface area contributed by atoms with Crippen LogP contribution in [0.1, 0.15) is 57.1 Å². The summed E-state index contributed by atoms with van der Waals surface area (Å²) in [5.41, 5.74) is 3.02. The number of benzene rings is 1. The number of nitrogens with one attached hydrogen (secondary N) is 1. The molecule has 1 saturated carbocycles. The van der Waals surface area contributed by atoms with E-state index in [9.17, 15) is 4.79 Å². The van der Waals surface area contributed by atoms with Gasteiger partial charge >= 0.3 is 0 Å². The van der Waals surface area contributed by atoms with Crippen LogP contribution in [-0.2, 0) is 15.1 Å². The van der Waals surface area contributed by atoms with Gasteiger partial charge in [0, 0.05) is 36.6 Å². The van der Waals surface area contributed by atoms with Crippen LogP contribution >= 0.6 is 11.6 Å². The molecule has 1 N–H and O–H groups in total. The van der Waals surface area contributed by atoms with E-state index in [0.717, 1.165) is 61.6 Å². The number of nitrogens with zero attached hydrogens (tertiary/aromatic N) is 2. The highest BCUT2D eigenvalue weighted by atomic mass is 35.5. The molecule has 0 radical (unpaired) electrons. The molecule has 1 aromatic heterocycles. The van der Waals surface area contributed by atoms with Gasteiger partial charge in [0.25, 0.3) is 0 Å². The van der Waals surface area contributed by atoms with E-state index >= 15 is 0 Å². The van der Waals surface area contributed by atoms with E-state index in [1.54, 1.807) is 0 Å². The molecule has 2 spiro atoms. The maximum Gasteiger partial charge on any atom is 0.225 e. The van der Waals surface area contributed by atoms with Gasteiger partial charge in [0.15, 0.2) is 0 Å². The Morgan fingerprint density at radius 2 is 1.94 bits per heavy atom. The Morgan fingerprint density at radius 3 is 2.74 bits per heavy atom. The lowest BCUT2D eigenvalue weighted by atomic mass is 9.79. The van der Waals surface area contributed by atoms with Crippen molar-refractivity contribution >= 4 is 23.2 Å². The number of amides is 1. The minimum atomic E-state index is -0.253. The monoisotopic (exact) mass is 439 g/mol. The molecule has 3 aliphatic heterocycles. The third kappa shape index (κ3) is 3.20. The van der Waals surface area contributed by atoms with Crippen molar-refractivity contribution < 1.29 is 9.53 Å². The standard InChI is InChI=1S/C25H30ClN3O2/c26-19-8-9-21-20(15-19)27-25(22-7-4-12-29(21)22)16-24(31-17-25)10-13-28(14-11-24)23(30)18-5-2-1-3-6-18/h4,7-9,12,15,18,27H,1-3,5-6,10-11,13-14,16-17H2. The van der Waals surface area contributed by atoms with Crippen LogP contribution in [0.15, 0.2) is 36.5 Å². The van der Waals surface area contributed by atoms with Crippen LogP contribution in [0.2, 0.25) is 5.02 Å². The van der Waals surface area contributed by atoms with Crippen molar-refractivity contribution in [3.8, 4) is 5.69 Å². The lowest BCUT2D eigenvalue weighted by Gasteiger charge is -2.42. The first-order chi connectivity index (χ1) is 15.1. The molecule has 0 bridgehead atoms. The fourth-order valence-corrected chi connectivity index (χ4v) is 6.53. The molecular formula is C25H30ClN3O2. The molecule has 1 aromatic carbocycles. The summed E-state index contributed by atoms with van der Waals surface area (Å²) in [6, 6.07) is 10.3. The Labute approximate surface area is 188 Å². The van der Waals surface area contributed by atoms with Crippen LogP contribution in [-0.4, -0.2) is 40.7 Å². The third-order valence-corrected chi connectivity index (χ3v) is 8.26. The van der Waals surface area contributed by atoms with Gasteiger partial charge in [-0.2, -0.15) is 0 Å². The molecule has 31 heavy (non-hydrogen) atoms. The van der Waals surface area contributed by atoms with E-state index in [0.29, 0.717) is 12.5 Å². The molecule has 1 unspecified atom stereocenters. The number of piperidine rings is 1. The summed E-state index contributed by atoms with van der Waals surface area (Å²) in [5, 5.41) is 4.54. The number of hydrogen-bond donors (Lipinski definition) is 1. The average Bonchev–Trinajstić information content (AvgIpc) is 3.42. The number of rotatable bonds is 1. The summed E-state index contributed by atoms with van der Waals surface area (Å²) in [6.45, 7) is 2.27. The summed E-state index contributed by atoms with van der Waals surface area (Å²) in [5.74, 6) is 0.638. The van der Waals surface area contributed by atoms with Gasteiger partial charge in [0.1, 0.15) is 5.54 Å². The minimum Gasteiger partial charge on any atom is -0.372 e. The van der Waals surface area contributed by atoms with Crippen LogP contribution in [0.25, 0.3) is 5.69 Å². The summed E-state index contributed by atoms with van der Waals surface area (Å²) < 4.78 is 8.84. The van der Waals surface area contributed by atoms with E-state index in [2.05, 4.69) is 39.2 Å². The van der Waals surface area contributed by atoms with Gasteiger partial charge < -0.3 is 19.5 Å². The van der Waals surface area contributed by atoms with Gasteiger partial charge in [-0.05, 0) is 56.0 Å². The van der Waals surface area contributed by atoms with Crippen LogP contribution in [0, 0.1) is 5.92 Å². The van der Waals surface area contributed by atoms with Gasteiger partial charge in [-0.25, -0.2) is 0 Å². The topological polar surface area (TPSA) is 46.5 Å². The van der Waals surface area contributed by atoms with E-state index in [1.165, 1.54) is 25.0 Å². The number of ether oxygens (including phenoxy) is 1. The number of hydrogen-bond acceptors (Lipinski definition) is 3. The molecule has 1 aliphatic carbocycles. The zero-order valence-corrected chi connectivity index (χ0v) is 18.7. The molecule has 3 fully saturated rings.